The number of rotatable bonds is 8. The summed E-state index contributed by atoms with van der Waals surface area (Å²) in [6.45, 7) is 3.87. The molecule has 1 saturated carbocycles. The average molecular weight is 405 g/mol. The number of aliphatic hydroxyl groups is 1. The largest absolute Gasteiger partial charge is 0.504 e. The number of phenolic OH excluding ortho intramolecular Hbond substituents is 1. The minimum Gasteiger partial charge on any atom is -0.504 e. The van der Waals surface area contributed by atoms with Crippen molar-refractivity contribution >= 4 is 5.91 Å². The van der Waals surface area contributed by atoms with Crippen molar-refractivity contribution in [3.63, 3.8) is 0 Å². The maximum absolute atomic E-state index is 12.6. The van der Waals surface area contributed by atoms with E-state index in [2.05, 4.69) is 17.1 Å². The van der Waals surface area contributed by atoms with E-state index in [1.54, 1.807) is 6.07 Å². The molecule has 3 rings (SSSR count). The first-order chi connectivity index (χ1) is 14.0. The highest BCUT2D eigenvalue weighted by Gasteiger charge is 2.49. The van der Waals surface area contributed by atoms with Gasteiger partial charge in [-0.1, -0.05) is 38.7 Å². The molecular weight excluding hydrogens is 368 g/mol. The summed E-state index contributed by atoms with van der Waals surface area (Å²) in [4.78, 5) is 14.8. The predicted molar refractivity (Wildman–Crippen MR) is 113 cm³/mol. The molecule has 1 heterocycles. The van der Waals surface area contributed by atoms with E-state index in [0.29, 0.717) is 31.8 Å². The van der Waals surface area contributed by atoms with E-state index in [9.17, 15) is 15.0 Å². The Balaban J connectivity index is 1.81. The van der Waals surface area contributed by atoms with Crippen LogP contribution in [0.1, 0.15) is 69.9 Å². The number of fused-ring (bicyclic) bond motifs is 1. The van der Waals surface area contributed by atoms with Crippen LogP contribution in [-0.4, -0.2) is 53.4 Å². The van der Waals surface area contributed by atoms with Gasteiger partial charge in [-0.25, -0.2) is 0 Å². The number of hydrogen-bond acceptors (Lipinski definition) is 5. The lowest BCUT2D eigenvalue weighted by Crippen LogP contribution is -2.56. The molecule has 1 aromatic rings. The number of unbranched alkanes of at least 4 members (excludes halogenated alkanes) is 2. The lowest BCUT2D eigenvalue weighted by Gasteiger charge is -2.52. The Kier molecular flexibility index (Phi) is 7.41. The van der Waals surface area contributed by atoms with Crippen molar-refractivity contribution in [3.05, 3.63) is 23.8 Å². The lowest BCUT2D eigenvalue weighted by molar-refractivity contribution is -0.137. The van der Waals surface area contributed by atoms with Crippen LogP contribution >= 0.6 is 0 Å². The molecule has 2 fully saturated rings. The molecule has 1 aliphatic heterocycles. The lowest BCUT2D eigenvalue weighted by atomic mass is 9.66. The highest BCUT2D eigenvalue weighted by atomic mass is 16.5. The van der Waals surface area contributed by atoms with Crippen molar-refractivity contribution < 1.29 is 19.7 Å². The molecule has 1 amide bonds. The monoisotopic (exact) mass is 404 g/mol. The Morgan fingerprint density at radius 1 is 1.31 bits per heavy atom. The second-order valence-corrected chi connectivity index (χ2v) is 8.61. The number of methoxy groups -OCH3 is 1. The molecule has 6 nitrogen and oxygen atoms in total. The third-order valence-electron chi connectivity index (χ3n) is 6.67. The number of carbonyl (C=O) groups is 1. The first kappa shape index (κ1) is 21.9. The molecule has 6 heteroatoms. The van der Waals surface area contributed by atoms with Crippen LogP contribution in [0.2, 0.25) is 0 Å². The first-order valence-corrected chi connectivity index (χ1v) is 11.1. The number of phenols is 1. The minimum absolute atomic E-state index is 0.0399. The summed E-state index contributed by atoms with van der Waals surface area (Å²) in [5.74, 6) is 0.646. The Labute approximate surface area is 174 Å². The molecular formula is C23H36N2O4. The van der Waals surface area contributed by atoms with Crippen molar-refractivity contribution in [2.45, 2.75) is 69.9 Å². The maximum Gasteiger partial charge on any atom is 0.234 e. The number of likely N-dealkylation sites (tertiary alicyclic amines) is 1. The highest BCUT2D eigenvalue weighted by Crippen LogP contribution is 2.49. The summed E-state index contributed by atoms with van der Waals surface area (Å²) in [6, 6.07) is 5.33. The molecule has 162 valence electrons. The van der Waals surface area contributed by atoms with Crippen LogP contribution in [0.5, 0.6) is 11.5 Å². The Hall–Kier alpha value is -1.79. The van der Waals surface area contributed by atoms with Gasteiger partial charge < -0.3 is 20.3 Å². The summed E-state index contributed by atoms with van der Waals surface area (Å²) in [6.07, 6.45) is 7.86. The van der Waals surface area contributed by atoms with Gasteiger partial charge in [0.15, 0.2) is 11.5 Å². The van der Waals surface area contributed by atoms with Gasteiger partial charge in [-0.2, -0.15) is 0 Å². The van der Waals surface area contributed by atoms with E-state index >= 15 is 0 Å². The molecule has 0 spiro atoms. The van der Waals surface area contributed by atoms with E-state index < -0.39 is 5.60 Å². The van der Waals surface area contributed by atoms with Gasteiger partial charge in [0.05, 0.1) is 19.3 Å². The van der Waals surface area contributed by atoms with Gasteiger partial charge in [-0.05, 0) is 43.4 Å². The molecule has 3 atom stereocenters. The van der Waals surface area contributed by atoms with Crippen molar-refractivity contribution in [2.75, 3.05) is 26.7 Å². The number of nitrogens with one attached hydrogen (secondary N) is 1. The number of amides is 1. The fourth-order valence-electron chi connectivity index (χ4n) is 5.08. The van der Waals surface area contributed by atoms with E-state index in [4.69, 9.17) is 4.74 Å². The average Bonchev–Trinajstić information content (AvgIpc) is 2.72. The summed E-state index contributed by atoms with van der Waals surface area (Å²) < 4.78 is 5.32. The third-order valence-corrected chi connectivity index (χ3v) is 6.67. The van der Waals surface area contributed by atoms with E-state index in [-0.39, 0.29) is 23.6 Å². The van der Waals surface area contributed by atoms with Crippen LogP contribution in [0.15, 0.2) is 18.2 Å². The zero-order valence-corrected chi connectivity index (χ0v) is 17.8. The molecule has 1 aliphatic carbocycles. The van der Waals surface area contributed by atoms with Crippen molar-refractivity contribution in [1.29, 1.82) is 0 Å². The minimum atomic E-state index is -0.678. The standard InChI is InChI=1S/C23H36N2O4/c1-3-4-7-13-24-21(27)16-25-14-12-23(28)11-6-5-8-18(23)22(25)17-9-10-19(26)20(15-17)29-2/h9-10,15,18,22,26,28H,3-8,11-14,16H2,1-2H3,(H,24,27)/t18-,22-,23-/m0/s1. The van der Waals surface area contributed by atoms with Crippen LogP contribution in [-0.2, 0) is 4.79 Å². The molecule has 0 bridgehead atoms. The van der Waals surface area contributed by atoms with Crippen LogP contribution < -0.4 is 10.1 Å². The molecule has 0 unspecified atom stereocenters. The second kappa shape index (κ2) is 9.81. The van der Waals surface area contributed by atoms with Crippen molar-refractivity contribution in [3.8, 4) is 11.5 Å². The van der Waals surface area contributed by atoms with Gasteiger partial charge >= 0.3 is 0 Å². The summed E-state index contributed by atoms with van der Waals surface area (Å²) in [5.41, 5.74) is 0.311. The molecule has 2 aliphatic rings. The molecule has 1 aromatic carbocycles. The van der Waals surface area contributed by atoms with Gasteiger partial charge in [0.1, 0.15) is 0 Å². The Morgan fingerprint density at radius 3 is 2.90 bits per heavy atom. The van der Waals surface area contributed by atoms with Crippen molar-refractivity contribution in [1.82, 2.24) is 10.2 Å². The number of hydrogen-bond donors (Lipinski definition) is 3. The highest BCUT2D eigenvalue weighted by molar-refractivity contribution is 5.78. The molecule has 0 radical (unpaired) electrons. The predicted octanol–water partition coefficient (Wildman–Crippen LogP) is 3.38. The fourth-order valence-corrected chi connectivity index (χ4v) is 5.08. The quantitative estimate of drug-likeness (QED) is 0.579. The molecule has 1 saturated heterocycles. The number of ether oxygens (including phenoxy) is 1. The Bertz CT molecular complexity index is 695. The fraction of sp³-hybridized carbons (Fsp3) is 0.696. The number of nitrogens with zero attached hydrogens (tertiary/aromatic N) is 1. The summed E-state index contributed by atoms with van der Waals surface area (Å²) >= 11 is 0. The van der Waals surface area contributed by atoms with E-state index in [1.165, 1.54) is 7.11 Å². The van der Waals surface area contributed by atoms with Gasteiger partial charge in [0.25, 0.3) is 0 Å². The molecule has 29 heavy (non-hydrogen) atoms. The number of benzene rings is 1. The number of carbonyl (C=O) groups excluding carboxylic acids is 1. The van der Waals surface area contributed by atoms with Crippen LogP contribution in [0, 0.1) is 5.92 Å². The smallest absolute Gasteiger partial charge is 0.234 e. The summed E-state index contributed by atoms with van der Waals surface area (Å²) in [5, 5.41) is 24.4. The zero-order valence-electron chi connectivity index (χ0n) is 17.8. The van der Waals surface area contributed by atoms with Crippen LogP contribution in [0.25, 0.3) is 0 Å². The second-order valence-electron chi connectivity index (χ2n) is 8.61. The zero-order chi connectivity index (χ0) is 20.9. The van der Waals surface area contributed by atoms with Gasteiger partial charge in [-0.3, -0.25) is 9.69 Å². The SMILES string of the molecule is CCCCCNC(=O)CN1CC[C@@]2(O)CCCC[C@H]2[C@@H]1c1ccc(O)c(OC)c1. The number of piperidine rings is 1. The van der Waals surface area contributed by atoms with E-state index in [0.717, 1.165) is 50.5 Å². The van der Waals surface area contributed by atoms with Crippen molar-refractivity contribution in [2.24, 2.45) is 5.92 Å². The van der Waals surface area contributed by atoms with Gasteiger partial charge in [0, 0.05) is 25.0 Å². The number of aromatic hydroxyl groups is 1. The van der Waals surface area contributed by atoms with Gasteiger partial charge in [-0.15, -0.1) is 0 Å². The Morgan fingerprint density at radius 2 is 2.14 bits per heavy atom. The van der Waals surface area contributed by atoms with Gasteiger partial charge in [0.2, 0.25) is 5.91 Å². The third kappa shape index (κ3) is 5.04. The summed E-state index contributed by atoms with van der Waals surface area (Å²) in [7, 11) is 1.54. The topological polar surface area (TPSA) is 82.0 Å². The van der Waals surface area contributed by atoms with E-state index in [1.807, 2.05) is 12.1 Å². The normalized spacial score (nSPS) is 27.3. The molecule has 0 aromatic heterocycles. The first-order valence-electron chi connectivity index (χ1n) is 11.1. The van der Waals surface area contributed by atoms with Crippen LogP contribution in [0.3, 0.4) is 0 Å². The molecule has 3 N–H and O–H groups in total. The maximum atomic E-state index is 12.6. The van der Waals surface area contributed by atoms with Crippen LogP contribution in [0.4, 0.5) is 0 Å².